The van der Waals surface area contributed by atoms with E-state index in [9.17, 15) is 14.0 Å². The summed E-state index contributed by atoms with van der Waals surface area (Å²) in [5, 5.41) is 0. The van der Waals surface area contributed by atoms with Crippen molar-refractivity contribution in [3.63, 3.8) is 0 Å². The van der Waals surface area contributed by atoms with Crippen molar-refractivity contribution in [2.75, 3.05) is 7.05 Å². The average Bonchev–Trinajstić information content (AvgIpc) is 2.79. The number of hydrogen-bond donors (Lipinski definition) is 0. The van der Waals surface area contributed by atoms with Crippen molar-refractivity contribution in [2.45, 2.75) is 32.7 Å². The first-order valence-electron chi connectivity index (χ1n) is 10.6. The third kappa shape index (κ3) is 5.46. The van der Waals surface area contributed by atoms with Gasteiger partial charge in [-0.25, -0.2) is 4.39 Å². The van der Waals surface area contributed by atoms with Gasteiger partial charge in [0.05, 0.1) is 0 Å². The summed E-state index contributed by atoms with van der Waals surface area (Å²) >= 11 is 0. The van der Waals surface area contributed by atoms with Crippen LogP contribution >= 0.6 is 0 Å². The van der Waals surface area contributed by atoms with E-state index in [2.05, 4.69) is 13.8 Å². The van der Waals surface area contributed by atoms with Crippen molar-refractivity contribution in [3.05, 3.63) is 95.8 Å². The zero-order chi connectivity index (χ0) is 22.4. The summed E-state index contributed by atoms with van der Waals surface area (Å²) in [5.74, 6) is -0.290. The molecule has 3 aromatic rings. The van der Waals surface area contributed by atoms with Crippen molar-refractivity contribution >= 4 is 11.7 Å². The van der Waals surface area contributed by atoms with E-state index in [1.165, 1.54) is 24.3 Å². The predicted octanol–water partition coefficient (Wildman–Crippen LogP) is 6.25. The number of halogens is 1. The first kappa shape index (κ1) is 22.4. The molecule has 3 aromatic carbocycles. The Hall–Kier alpha value is -3.27. The van der Waals surface area contributed by atoms with Crippen LogP contribution in [0.25, 0.3) is 11.1 Å². The van der Waals surface area contributed by atoms with Gasteiger partial charge in [0.25, 0.3) is 5.91 Å². The van der Waals surface area contributed by atoms with Gasteiger partial charge in [0.1, 0.15) is 5.82 Å². The van der Waals surface area contributed by atoms with Crippen molar-refractivity contribution in [1.29, 1.82) is 0 Å². The number of rotatable bonds is 8. The number of carbonyl (C=O) groups is 2. The molecule has 0 N–H and O–H groups in total. The van der Waals surface area contributed by atoms with Crippen LogP contribution < -0.4 is 0 Å². The van der Waals surface area contributed by atoms with Crippen molar-refractivity contribution in [1.82, 2.24) is 4.90 Å². The highest BCUT2D eigenvalue weighted by Gasteiger charge is 2.26. The second kappa shape index (κ2) is 10.2. The van der Waals surface area contributed by atoms with E-state index in [1.807, 2.05) is 54.6 Å². The van der Waals surface area contributed by atoms with Crippen LogP contribution in [0.5, 0.6) is 0 Å². The molecule has 3 rings (SSSR count). The third-order valence-corrected chi connectivity index (χ3v) is 5.66. The second-order valence-electron chi connectivity index (χ2n) is 8.11. The molecule has 0 aliphatic rings. The summed E-state index contributed by atoms with van der Waals surface area (Å²) in [6.45, 7) is 4.11. The van der Waals surface area contributed by atoms with Crippen LogP contribution in [0.1, 0.15) is 47.4 Å². The molecule has 0 aliphatic heterocycles. The highest BCUT2D eigenvalue weighted by Crippen LogP contribution is 2.26. The molecule has 0 aliphatic carbocycles. The number of Topliss-reactive ketones (excluding diaryl/α,β-unsaturated/α-hetero) is 1. The monoisotopic (exact) mass is 417 g/mol. The Morgan fingerprint density at radius 1 is 0.871 bits per heavy atom. The van der Waals surface area contributed by atoms with E-state index in [1.54, 1.807) is 11.9 Å². The van der Waals surface area contributed by atoms with Gasteiger partial charge in [-0.15, -0.1) is 0 Å². The van der Waals surface area contributed by atoms with Crippen LogP contribution in [0, 0.1) is 11.7 Å². The van der Waals surface area contributed by atoms with E-state index >= 15 is 0 Å². The van der Waals surface area contributed by atoms with Crippen LogP contribution in [0.2, 0.25) is 0 Å². The molecule has 0 bridgehead atoms. The fourth-order valence-electron chi connectivity index (χ4n) is 3.91. The number of hydrogen-bond acceptors (Lipinski definition) is 2. The number of nitrogens with zero attached hydrogens (tertiary/aromatic N) is 1. The molecular formula is C27H28FNO2. The maximum Gasteiger partial charge on any atom is 0.254 e. The highest BCUT2D eigenvalue weighted by atomic mass is 19.1. The van der Waals surface area contributed by atoms with Gasteiger partial charge >= 0.3 is 0 Å². The lowest BCUT2D eigenvalue weighted by atomic mass is 9.93. The molecule has 160 valence electrons. The maximum absolute atomic E-state index is 13.4. The van der Waals surface area contributed by atoms with Crippen LogP contribution in [0.4, 0.5) is 4.39 Å². The maximum atomic E-state index is 13.4. The minimum absolute atomic E-state index is 0.0452. The minimum Gasteiger partial charge on any atom is -0.338 e. The van der Waals surface area contributed by atoms with E-state index in [4.69, 9.17) is 0 Å². The van der Waals surface area contributed by atoms with Gasteiger partial charge in [-0.1, -0.05) is 62.4 Å². The van der Waals surface area contributed by atoms with Gasteiger partial charge in [0.15, 0.2) is 5.78 Å². The molecule has 0 saturated carbocycles. The Balaban J connectivity index is 1.77. The lowest BCUT2D eigenvalue weighted by Gasteiger charge is -2.32. The van der Waals surface area contributed by atoms with Crippen molar-refractivity contribution in [3.8, 4) is 11.1 Å². The second-order valence-corrected chi connectivity index (χ2v) is 8.11. The number of carbonyl (C=O) groups excluding carboxylic acids is 2. The summed E-state index contributed by atoms with van der Waals surface area (Å²) < 4.78 is 13.1. The topological polar surface area (TPSA) is 37.4 Å². The molecule has 1 amide bonds. The largest absolute Gasteiger partial charge is 0.338 e. The van der Waals surface area contributed by atoms with E-state index < -0.39 is 0 Å². The molecule has 0 spiro atoms. The standard InChI is InChI=1S/C27H28FNO2/c1-19(2)25(17-18-26(30)21-13-15-22(28)16-14-21)29(3)27(31)24-12-8-7-11-23(24)20-9-5-4-6-10-20/h4-16,19,25H,17-18H2,1-3H3/t25-/m1/s1. The number of amides is 1. The van der Waals surface area contributed by atoms with Crippen LogP contribution in [-0.2, 0) is 0 Å². The number of benzene rings is 3. The third-order valence-electron chi connectivity index (χ3n) is 5.66. The lowest BCUT2D eigenvalue weighted by molar-refractivity contribution is 0.0667. The summed E-state index contributed by atoms with van der Waals surface area (Å²) in [5.41, 5.74) is 3.02. The molecule has 0 radical (unpaired) electrons. The Bertz CT molecular complexity index is 1030. The molecule has 3 nitrogen and oxygen atoms in total. The zero-order valence-electron chi connectivity index (χ0n) is 18.2. The average molecular weight is 418 g/mol. The summed E-state index contributed by atoms with van der Waals surface area (Å²) in [6.07, 6.45) is 0.843. The number of ketones is 1. The van der Waals surface area contributed by atoms with Crippen LogP contribution in [-0.4, -0.2) is 29.7 Å². The van der Waals surface area contributed by atoms with E-state index in [-0.39, 0.29) is 29.5 Å². The Morgan fingerprint density at radius 3 is 2.13 bits per heavy atom. The fourth-order valence-corrected chi connectivity index (χ4v) is 3.91. The first-order chi connectivity index (χ1) is 14.9. The quantitative estimate of drug-likeness (QED) is 0.406. The van der Waals surface area contributed by atoms with Gasteiger partial charge in [0, 0.05) is 30.6 Å². The summed E-state index contributed by atoms with van der Waals surface area (Å²) in [4.78, 5) is 27.7. The fraction of sp³-hybridized carbons (Fsp3) is 0.259. The van der Waals surface area contributed by atoms with E-state index in [0.717, 1.165) is 11.1 Å². The van der Waals surface area contributed by atoms with Crippen LogP contribution in [0.15, 0.2) is 78.9 Å². The smallest absolute Gasteiger partial charge is 0.254 e. The Kier molecular flexibility index (Phi) is 7.35. The highest BCUT2D eigenvalue weighted by molar-refractivity contribution is 6.01. The summed E-state index contributed by atoms with van der Waals surface area (Å²) in [7, 11) is 1.80. The van der Waals surface area contributed by atoms with Gasteiger partial charge in [-0.2, -0.15) is 0 Å². The van der Waals surface area contributed by atoms with Gasteiger partial charge in [-0.3, -0.25) is 9.59 Å². The van der Waals surface area contributed by atoms with Crippen LogP contribution in [0.3, 0.4) is 0 Å². The van der Waals surface area contributed by atoms with Gasteiger partial charge < -0.3 is 4.90 Å². The first-order valence-corrected chi connectivity index (χ1v) is 10.6. The molecule has 31 heavy (non-hydrogen) atoms. The predicted molar refractivity (Wildman–Crippen MR) is 123 cm³/mol. The van der Waals surface area contributed by atoms with Gasteiger partial charge in [0.2, 0.25) is 0 Å². The molecule has 1 atom stereocenters. The normalized spacial score (nSPS) is 11.9. The lowest BCUT2D eigenvalue weighted by Crippen LogP contribution is -2.41. The molecule has 0 heterocycles. The molecule has 0 unspecified atom stereocenters. The summed E-state index contributed by atoms with van der Waals surface area (Å²) in [6, 6.07) is 23.0. The SMILES string of the molecule is CC(C)[C@@H](CCC(=O)c1ccc(F)cc1)N(C)C(=O)c1ccccc1-c1ccccc1. The Labute approximate surface area is 183 Å². The van der Waals surface area contributed by atoms with E-state index in [0.29, 0.717) is 24.0 Å². The Morgan fingerprint density at radius 2 is 1.48 bits per heavy atom. The minimum atomic E-state index is -0.362. The van der Waals surface area contributed by atoms with Gasteiger partial charge in [-0.05, 0) is 53.8 Å². The van der Waals surface area contributed by atoms with Crippen molar-refractivity contribution < 1.29 is 14.0 Å². The molecular weight excluding hydrogens is 389 g/mol. The molecule has 0 fully saturated rings. The zero-order valence-corrected chi connectivity index (χ0v) is 18.2. The molecule has 4 heteroatoms. The molecule has 0 saturated heterocycles. The van der Waals surface area contributed by atoms with Crippen molar-refractivity contribution in [2.24, 2.45) is 5.92 Å². The molecule has 0 aromatic heterocycles.